The smallest absolute Gasteiger partial charge is 0.260 e. The van der Waals surface area contributed by atoms with Crippen molar-refractivity contribution >= 4 is 23.2 Å². The largest absolute Gasteiger partial charge is 0.372 e. The summed E-state index contributed by atoms with van der Waals surface area (Å²) < 4.78 is 6.89. The summed E-state index contributed by atoms with van der Waals surface area (Å²) in [5.41, 5.74) is 17.4. The van der Waals surface area contributed by atoms with Gasteiger partial charge in [-0.05, 0) is 39.7 Å². The Balaban J connectivity index is 0.000000948. The summed E-state index contributed by atoms with van der Waals surface area (Å²) in [4.78, 5) is 12.4. The highest BCUT2D eigenvalue weighted by Crippen LogP contribution is 2.28. The third kappa shape index (κ3) is 5.52. The number of nitrogens with one attached hydrogen (secondary N) is 1. The van der Waals surface area contributed by atoms with Gasteiger partial charge in [0, 0.05) is 18.3 Å². The van der Waals surface area contributed by atoms with Crippen LogP contribution in [0.25, 0.3) is 0 Å². The molecular formula is C17H29ClN6O2. The Morgan fingerprint density at radius 2 is 1.81 bits per heavy atom. The molecular weight excluding hydrogens is 356 g/mol. The van der Waals surface area contributed by atoms with Gasteiger partial charge >= 0.3 is 0 Å². The van der Waals surface area contributed by atoms with Crippen LogP contribution in [0, 0.1) is 6.92 Å². The van der Waals surface area contributed by atoms with E-state index in [0.717, 1.165) is 16.8 Å². The molecule has 1 aliphatic rings. The number of hydrogen-bond acceptors (Lipinski definition) is 6. The second-order valence-electron chi connectivity index (χ2n) is 4.77. The summed E-state index contributed by atoms with van der Waals surface area (Å²) in [6.07, 6.45) is 0. The van der Waals surface area contributed by atoms with Gasteiger partial charge in [-0.3, -0.25) is 9.48 Å². The van der Waals surface area contributed by atoms with E-state index in [1.807, 2.05) is 18.2 Å². The van der Waals surface area contributed by atoms with E-state index < -0.39 is 0 Å². The van der Waals surface area contributed by atoms with Crippen LogP contribution in [0.15, 0.2) is 18.2 Å². The van der Waals surface area contributed by atoms with Crippen molar-refractivity contribution in [2.75, 3.05) is 26.5 Å². The second kappa shape index (κ2) is 12.4. The topological polar surface area (TPSA) is 134 Å². The summed E-state index contributed by atoms with van der Waals surface area (Å²) in [6.45, 7) is 2.87. The molecule has 0 aliphatic carbocycles. The first kappa shape index (κ1) is 24.0. The number of nitrogens with two attached hydrogens (primary N) is 3. The summed E-state index contributed by atoms with van der Waals surface area (Å²) in [7, 11) is 6.21. The molecule has 26 heavy (non-hydrogen) atoms. The Morgan fingerprint density at radius 3 is 2.35 bits per heavy atom. The maximum absolute atomic E-state index is 12.4. The van der Waals surface area contributed by atoms with E-state index in [2.05, 4.69) is 27.6 Å². The normalized spacial score (nSPS) is 11.0. The summed E-state index contributed by atoms with van der Waals surface area (Å²) >= 11 is 6.11. The van der Waals surface area contributed by atoms with Gasteiger partial charge in [0.1, 0.15) is 5.15 Å². The molecule has 1 aliphatic heterocycles. The fourth-order valence-electron chi connectivity index (χ4n) is 2.39. The van der Waals surface area contributed by atoms with Gasteiger partial charge in [0.05, 0.1) is 24.5 Å². The molecule has 1 amide bonds. The fraction of sp³-hybridized carbons (Fsp3) is 0.412. The number of benzene rings is 1. The molecule has 0 atom stereocenters. The van der Waals surface area contributed by atoms with Crippen molar-refractivity contribution < 1.29 is 9.53 Å². The van der Waals surface area contributed by atoms with E-state index in [1.165, 1.54) is 25.8 Å². The number of hydrogen-bond donors (Lipinski definition) is 4. The Hall–Kier alpha value is -1.97. The highest BCUT2D eigenvalue weighted by Gasteiger charge is 2.21. The number of amides is 1. The number of fused-ring (bicyclic) bond motifs is 1. The molecule has 7 N–H and O–H groups in total. The minimum absolute atomic E-state index is 0.249. The van der Waals surface area contributed by atoms with Crippen molar-refractivity contribution in [3.63, 3.8) is 0 Å². The Bertz CT molecular complexity index is 703. The number of anilines is 1. The lowest BCUT2D eigenvalue weighted by atomic mass is 10.1. The van der Waals surface area contributed by atoms with Crippen molar-refractivity contribution in [1.29, 1.82) is 0 Å². The molecule has 1 aromatic heterocycles. The molecule has 2 heterocycles. The summed E-state index contributed by atoms with van der Waals surface area (Å²) in [5, 5.41) is 7.38. The Morgan fingerprint density at radius 1 is 1.19 bits per heavy atom. The average molecular weight is 385 g/mol. The number of aromatic nitrogens is 2. The van der Waals surface area contributed by atoms with Gasteiger partial charge in [0.2, 0.25) is 0 Å². The third-order valence-electron chi connectivity index (χ3n) is 3.40. The lowest BCUT2D eigenvalue weighted by Gasteiger charge is -2.09. The third-order valence-corrected chi connectivity index (χ3v) is 3.84. The Labute approximate surface area is 159 Å². The monoisotopic (exact) mass is 384 g/mol. The van der Waals surface area contributed by atoms with Crippen molar-refractivity contribution in [2.45, 2.75) is 20.1 Å². The van der Waals surface area contributed by atoms with Crippen molar-refractivity contribution in [1.82, 2.24) is 9.78 Å². The van der Waals surface area contributed by atoms with Crippen LogP contribution in [-0.4, -0.2) is 36.8 Å². The van der Waals surface area contributed by atoms with Crippen LogP contribution >= 0.6 is 11.6 Å². The van der Waals surface area contributed by atoms with Crippen molar-refractivity contribution in [3.05, 3.63) is 45.7 Å². The van der Waals surface area contributed by atoms with Gasteiger partial charge in [0.25, 0.3) is 5.91 Å². The molecule has 3 rings (SSSR count). The zero-order chi connectivity index (χ0) is 20.3. The molecule has 9 heteroatoms. The Kier molecular flexibility index (Phi) is 11.5. The van der Waals surface area contributed by atoms with E-state index in [-0.39, 0.29) is 5.91 Å². The molecule has 0 saturated heterocycles. The fourth-order valence-corrected chi connectivity index (χ4v) is 2.65. The molecule has 0 bridgehead atoms. The predicted octanol–water partition coefficient (Wildman–Crippen LogP) is 1.39. The van der Waals surface area contributed by atoms with Gasteiger partial charge in [-0.1, -0.05) is 23.7 Å². The zero-order valence-electron chi connectivity index (χ0n) is 16.0. The van der Waals surface area contributed by atoms with Crippen LogP contribution in [0.3, 0.4) is 0 Å². The number of ether oxygens (including phenoxy) is 1. The SMILES string of the molecule is CN.CN.CN.Cc1nn(C)c(Cl)c1C(=O)Nc1cccc2c1COC2. The summed E-state index contributed by atoms with van der Waals surface area (Å²) in [6, 6.07) is 5.77. The lowest BCUT2D eigenvalue weighted by molar-refractivity contribution is 0.102. The predicted molar refractivity (Wildman–Crippen MR) is 106 cm³/mol. The van der Waals surface area contributed by atoms with E-state index >= 15 is 0 Å². The number of nitrogens with zero attached hydrogens (tertiary/aromatic N) is 2. The molecule has 0 fully saturated rings. The quantitative estimate of drug-likeness (QED) is 0.618. The molecule has 0 radical (unpaired) electrons. The lowest BCUT2D eigenvalue weighted by Crippen LogP contribution is -2.14. The highest BCUT2D eigenvalue weighted by atomic mass is 35.5. The molecule has 0 unspecified atom stereocenters. The first-order valence-corrected chi connectivity index (χ1v) is 8.38. The molecule has 2 aromatic rings. The molecule has 0 spiro atoms. The number of halogens is 1. The minimum Gasteiger partial charge on any atom is -0.372 e. The number of rotatable bonds is 2. The van der Waals surface area contributed by atoms with Crippen LogP contribution in [0.1, 0.15) is 27.2 Å². The van der Waals surface area contributed by atoms with Gasteiger partial charge < -0.3 is 27.3 Å². The van der Waals surface area contributed by atoms with E-state index in [4.69, 9.17) is 16.3 Å². The van der Waals surface area contributed by atoms with E-state index in [0.29, 0.717) is 29.6 Å². The molecule has 146 valence electrons. The van der Waals surface area contributed by atoms with Gasteiger partial charge in [0.15, 0.2) is 0 Å². The van der Waals surface area contributed by atoms with Gasteiger partial charge in [-0.25, -0.2) is 0 Å². The number of carbonyl (C=O) groups is 1. The van der Waals surface area contributed by atoms with Crippen LogP contribution < -0.4 is 22.5 Å². The first-order chi connectivity index (χ1) is 12.6. The molecule has 0 saturated carbocycles. The van der Waals surface area contributed by atoms with Gasteiger partial charge in [-0.2, -0.15) is 5.10 Å². The molecule has 8 nitrogen and oxygen atoms in total. The average Bonchev–Trinajstić information content (AvgIpc) is 3.25. The molecule has 1 aromatic carbocycles. The standard InChI is InChI=1S/C14H14ClN3O2.3CH5N/c1-8-12(13(15)18(2)17-8)14(19)16-11-5-3-4-9-6-20-7-10(9)11;3*1-2/h3-5H,6-7H2,1-2H3,(H,16,19);3*2H2,1H3. The second-order valence-corrected chi connectivity index (χ2v) is 5.12. The maximum atomic E-state index is 12.4. The first-order valence-electron chi connectivity index (χ1n) is 8.00. The summed E-state index contributed by atoms with van der Waals surface area (Å²) in [5.74, 6) is -0.249. The van der Waals surface area contributed by atoms with Gasteiger partial charge in [-0.15, -0.1) is 0 Å². The number of aryl methyl sites for hydroxylation is 2. The minimum atomic E-state index is -0.249. The van der Waals surface area contributed by atoms with Crippen LogP contribution in [-0.2, 0) is 25.0 Å². The highest BCUT2D eigenvalue weighted by molar-refractivity contribution is 6.33. The maximum Gasteiger partial charge on any atom is 0.260 e. The van der Waals surface area contributed by atoms with E-state index in [9.17, 15) is 4.79 Å². The van der Waals surface area contributed by atoms with Crippen molar-refractivity contribution in [2.24, 2.45) is 24.2 Å². The van der Waals surface area contributed by atoms with Crippen molar-refractivity contribution in [3.8, 4) is 0 Å². The van der Waals surface area contributed by atoms with Crippen LogP contribution in [0.4, 0.5) is 5.69 Å². The zero-order valence-corrected chi connectivity index (χ0v) is 16.7. The van der Waals surface area contributed by atoms with Crippen LogP contribution in [0.2, 0.25) is 5.15 Å². The number of carbonyl (C=O) groups excluding carboxylic acids is 1. The van der Waals surface area contributed by atoms with Crippen LogP contribution in [0.5, 0.6) is 0 Å². The van der Waals surface area contributed by atoms with E-state index in [1.54, 1.807) is 14.0 Å².